The van der Waals surface area contributed by atoms with E-state index in [9.17, 15) is 9.59 Å². The normalized spacial score (nSPS) is 10.7. The zero-order valence-corrected chi connectivity index (χ0v) is 13.2. The van der Waals surface area contributed by atoms with Crippen molar-refractivity contribution in [3.05, 3.63) is 65.4 Å². The molecule has 0 aliphatic carbocycles. The molecule has 0 atom stereocenters. The van der Waals surface area contributed by atoms with Crippen molar-refractivity contribution in [2.75, 3.05) is 5.32 Å². The molecule has 0 bridgehead atoms. The molecule has 0 saturated carbocycles. The highest BCUT2D eigenvalue weighted by molar-refractivity contribution is 5.99. The van der Waals surface area contributed by atoms with Crippen LogP contribution in [0.2, 0.25) is 0 Å². The van der Waals surface area contributed by atoms with Crippen molar-refractivity contribution in [2.45, 2.75) is 20.4 Å². The van der Waals surface area contributed by atoms with E-state index in [1.807, 2.05) is 60.9 Å². The van der Waals surface area contributed by atoms with Gasteiger partial charge in [0.1, 0.15) is 6.54 Å². The molecule has 116 valence electrons. The molecule has 0 aliphatic heterocycles. The van der Waals surface area contributed by atoms with Crippen LogP contribution >= 0.6 is 0 Å². The van der Waals surface area contributed by atoms with Gasteiger partial charge in [-0.05, 0) is 31.0 Å². The summed E-state index contributed by atoms with van der Waals surface area (Å²) >= 11 is 0. The summed E-state index contributed by atoms with van der Waals surface area (Å²) in [4.78, 5) is 23.6. The Hall–Kier alpha value is -2.88. The lowest BCUT2D eigenvalue weighted by molar-refractivity contribution is -0.116. The zero-order valence-electron chi connectivity index (χ0n) is 13.2. The van der Waals surface area contributed by atoms with Crippen molar-refractivity contribution in [2.24, 2.45) is 0 Å². The number of carbonyl (C=O) groups is 2. The first kappa shape index (κ1) is 15.0. The van der Waals surface area contributed by atoms with Crippen LogP contribution in [0.4, 0.5) is 5.69 Å². The fraction of sp³-hybridized carbons (Fsp3) is 0.158. The summed E-state index contributed by atoms with van der Waals surface area (Å²) in [5.41, 5.74) is 4.39. The van der Waals surface area contributed by atoms with Crippen LogP contribution in [0.15, 0.2) is 48.7 Å². The molecule has 2 aromatic carbocycles. The van der Waals surface area contributed by atoms with Gasteiger partial charge in [0, 0.05) is 28.4 Å². The van der Waals surface area contributed by atoms with E-state index in [4.69, 9.17) is 0 Å². The van der Waals surface area contributed by atoms with Gasteiger partial charge in [-0.1, -0.05) is 36.4 Å². The highest BCUT2D eigenvalue weighted by atomic mass is 16.2. The van der Waals surface area contributed by atoms with E-state index in [0.29, 0.717) is 5.56 Å². The summed E-state index contributed by atoms with van der Waals surface area (Å²) in [5.74, 6) is -0.111. The topological polar surface area (TPSA) is 51.1 Å². The van der Waals surface area contributed by atoms with Crippen LogP contribution in [-0.4, -0.2) is 16.8 Å². The largest absolute Gasteiger partial charge is 0.337 e. The zero-order chi connectivity index (χ0) is 16.4. The summed E-state index contributed by atoms with van der Waals surface area (Å²) in [7, 11) is 0. The van der Waals surface area contributed by atoms with Gasteiger partial charge in [-0.25, -0.2) is 0 Å². The third-order valence-corrected chi connectivity index (χ3v) is 4.01. The Balaban J connectivity index is 1.88. The maximum absolute atomic E-state index is 12.4. The number of para-hydroxylation sites is 2. The van der Waals surface area contributed by atoms with Crippen LogP contribution < -0.4 is 5.32 Å². The molecule has 1 aromatic heterocycles. The maximum Gasteiger partial charge on any atom is 0.244 e. The van der Waals surface area contributed by atoms with Crippen molar-refractivity contribution in [1.29, 1.82) is 0 Å². The van der Waals surface area contributed by atoms with E-state index in [1.54, 1.807) is 6.20 Å². The van der Waals surface area contributed by atoms with Crippen LogP contribution in [0.25, 0.3) is 10.9 Å². The minimum Gasteiger partial charge on any atom is -0.337 e. The third kappa shape index (κ3) is 2.88. The molecule has 1 heterocycles. The molecule has 0 unspecified atom stereocenters. The molecule has 0 saturated heterocycles. The van der Waals surface area contributed by atoms with E-state index in [1.165, 1.54) is 0 Å². The van der Waals surface area contributed by atoms with E-state index in [2.05, 4.69) is 5.32 Å². The maximum atomic E-state index is 12.4. The Morgan fingerprint density at radius 3 is 2.48 bits per heavy atom. The second kappa shape index (κ2) is 6.08. The molecule has 3 aromatic rings. The summed E-state index contributed by atoms with van der Waals surface area (Å²) in [6.45, 7) is 4.11. The molecule has 4 nitrogen and oxygen atoms in total. The highest BCUT2D eigenvalue weighted by Crippen LogP contribution is 2.22. The summed E-state index contributed by atoms with van der Waals surface area (Å²) in [5, 5.41) is 3.83. The molecule has 23 heavy (non-hydrogen) atoms. The number of hydrogen-bond donors (Lipinski definition) is 1. The molecule has 4 heteroatoms. The van der Waals surface area contributed by atoms with Crippen molar-refractivity contribution < 1.29 is 9.59 Å². The summed E-state index contributed by atoms with van der Waals surface area (Å²) in [6.07, 6.45) is 2.55. The van der Waals surface area contributed by atoms with E-state index < -0.39 is 0 Å². The van der Waals surface area contributed by atoms with E-state index in [-0.39, 0.29) is 12.5 Å². The second-order valence-corrected chi connectivity index (χ2v) is 5.66. The minimum atomic E-state index is -0.111. The Morgan fingerprint density at radius 2 is 1.78 bits per heavy atom. The molecule has 3 rings (SSSR count). The number of fused-ring (bicyclic) bond motifs is 1. The lowest BCUT2D eigenvalue weighted by atomic mass is 10.1. The standard InChI is InChI=1S/C19H18N2O2/c1-13-6-5-7-14(2)19(13)20-18(23)11-21-10-15(12-22)16-8-3-4-9-17(16)21/h3-10,12H,11H2,1-2H3,(H,20,23). The summed E-state index contributed by atoms with van der Waals surface area (Å²) in [6, 6.07) is 13.5. The number of hydrogen-bond acceptors (Lipinski definition) is 2. The van der Waals surface area contributed by atoms with Gasteiger partial charge in [0.25, 0.3) is 0 Å². The first-order valence-electron chi connectivity index (χ1n) is 7.49. The van der Waals surface area contributed by atoms with Crippen molar-refractivity contribution in [3.63, 3.8) is 0 Å². The number of anilines is 1. The van der Waals surface area contributed by atoms with Crippen molar-refractivity contribution >= 4 is 28.8 Å². The number of rotatable bonds is 4. The van der Waals surface area contributed by atoms with Crippen LogP contribution in [0, 0.1) is 13.8 Å². The predicted molar refractivity (Wildman–Crippen MR) is 91.9 cm³/mol. The monoisotopic (exact) mass is 306 g/mol. The van der Waals surface area contributed by atoms with Gasteiger partial charge < -0.3 is 9.88 Å². The van der Waals surface area contributed by atoms with Crippen LogP contribution in [0.1, 0.15) is 21.5 Å². The van der Waals surface area contributed by atoms with Gasteiger partial charge in [-0.2, -0.15) is 0 Å². The smallest absolute Gasteiger partial charge is 0.244 e. The lowest BCUT2D eigenvalue weighted by Gasteiger charge is -2.12. The predicted octanol–water partition coefficient (Wildman–Crippen LogP) is 3.71. The number of carbonyl (C=O) groups excluding carboxylic acids is 2. The van der Waals surface area contributed by atoms with Crippen LogP contribution in [0.5, 0.6) is 0 Å². The van der Waals surface area contributed by atoms with Gasteiger partial charge in [-0.15, -0.1) is 0 Å². The van der Waals surface area contributed by atoms with Gasteiger partial charge in [-0.3, -0.25) is 9.59 Å². The molecule has 0 radical (unpaired) electrons. The Labute approximate surface area is 134 Å². The molecule has 0 spiro atoms. The molecular formula is C19H18N2O2. The van der Waals surface area contributed by atoms with Crippen LogP contribution in [-0.2, 0) is 11.3 Å². The number of aldehydes is 1. The molecule has 1 amide bonds. The number of aromatic nitrogens is 1. The van der Waals surface area contributed by atoms with Gasteiger partial charge in [0.2, 0.25) is 5.91 Å². The number of nitrogens with one attached hydrogen (secondary N) is 1. The highest BCUT2D eigenvalue weighted by Gasteiger charge is 2.12. The number of aryl methyl sites for hydroxylation is 2. The first-order valence-corrected chi connectivity index (χ1v) is 7.49. The Morgan fingerprint density at radius 1 is 1.09 bits per heavy atom. The van der Waals surface area contributed by atoms with E-state index in [0.717, 1.165) is 34.0 Å². The molecule has 0 aliphatic rings. The summed E-state index contributed by atoms with van der Waals surface area (Å²) < 4.78 is 1.81. The SMILES string of the molecule is Cc1cccc(C)c1NC(=O)Cn1cc(C=O)c2ccccc21. The third-order valence-electron chi connectivity index (χ3n) is 4.01. The number of nitrogens with zero attached hydrogens (tertiary/aromatic N) is 1. The van der Waals surface area contributed by atoms with Gasteiger partial charge >= 0.3 is 0 Å². The minimum absolute atomic E-state index is 0.111. The van der Waals surface area contributed by atoms with Crippen molar-refractivity contribution in [1.82, 2.24) is 4.57 Å². The van der Waals surface area contributed by atoms with Crippen molar-refractivity contribution in [3.8, 4) is 0 Å². The van der Waals surface area contributed by atoms with Gasteiger partial charge in [0.05, 0.1) is 0 Å². The lowest BCUT2D eigenvalue weighted by Crippen LogP contribution is -2.19. The number of benzene rings is 2. The molecule has 0 fully saturated rings. The number of amides is 1. The molecular weight excluding hydrogens is 288 g/mol. The Bertz CT molecular complexity index is 873. The second-order valence-electron chi connectivity index (χ2n) is 5.66. The van der Waals surface area contributed by atoms with Gasteiger partial charge in [0.15, 0.2) is 6.29 Å². The Kier molecular flexibility index (Phi) is 3.98. The fourth-order valence-electron chi connectivity index (χ4n) is 2.85. The average molecular weight is 306 g/mol. The fourth-order valence-corrected chi connectivity index (χ4v) is 2.85. The first-order chi connectivity index (χ1) is 11.1. The van der Waals surface area contributed by atoms with E-state index >= 15 is 0 Å². The average Bonchev–Trinajstić information content (AvgIpc) is 2.89. The quantitative estimate of drug-likeness (QED) is 0.747. The molecule has 1 N–H and O–H groups in total. The van der Waals surface area contributed by atoms with Crippen LogP contribution in [0.3, 0.4) is 0 Å².